The van der Waals surface area contributed by atoms with Gasteiger partial charge in [0.15, 0.2) is 0 Å². The molecule has 0 aliphatic rings. The fraction of sp³-hybridized carbons (Fsp3) is 0.286. The summed E-state index contributed by atoms with van der Waals surface area (Å²) in [6.45, 7) is 6.20. The molecule has 3 N–H and O–H groups in total. The van der Waals surface area contributed by atoms with Crippen LogP contribution in [0.2, 0.25) is 0 Å². The molecule has 5 heteroatoms. The maximum atomic E-state index is 11.1. The standard InChI is InChI=1S/C14H18N4O/c1-14(2,3)11-9-12(16-13(15)19)18(17-11)10-7-5-4-6-8-10/h4-9H,1-3H3,(H3,15,16,19). The summed E-state index contributed by atoms with van der Waals surface area (Å²) in [5.74, 6) is 0.573. The SMILES string of the molecule is CC(C)(C)c1cc(NC(N)=O)n(-c2ccccc2)n1. The number of rotatable bonds is 2. The molecule has 5 nitrogen and oxygen atoms in total. The Hall–Kier alpha value is -2.30. The van der Waals surface area contributed by atoms with Gasteiger partial charge in [0.05, 0.1) is 11.4 Å². The number of benzene rings is 1. The summed E-state index contributed by atoms with van der Waals surface area (Å²) in [6, 6.07) is 10.9. The van der Waals surface area contributed by atoms with Gasteiger partial charge in [-0.2, -0.15) is 5.10 Å². The van der Waals surface area contributed by atoms with Crippen molar-refractivity contribution in [3.05, 3.63) is 42.1 Å². The lowest BCUT2D eigenvalue weighted by atomic mass is 9.92. The number of hydrogen-bond acceptors (Lipinski definition) is 2. The Morgan fingerprint density at radius 2 is 1.89 bits per heavy atom. The van der Waals surface area contributed by atoms with Crippen molar-refractivity contribution in [2.75, 3.05) is 5.32 Å². The molecule has 0 fully saturated rings. The monoisotopic (exact) mass is 258 g/mol. The van der Waals surface area contributed by atoms with Crippen molar-refractivity contribution in [1.29, 1.82) is 0 Å². The van der Waals surface area contributed by atoms with Crippen molar-refractivity contribution in [2.24, 2.45) is 5.73 Å². The van der Waals surface area contributed by atoms with Gasteiger partial charge in [-0.25, -0.2) is 9.48 Å². The van der Waals surface area contributed by atoms with Gasteiger partial charge in [0.25, 0.3) is 0 Å². The average molecular weight is 258 g/mol. The van der Waals surface area contributed by atoms with E-state index < -0.39 is 6.03 Å². The van der Waals surface area contributed by atoms with Crippen LogP contribution in [-0.2, 0) is 5.41 Å². The summed E-state index contributed by atoms with van der Waals surface area (Å²) in [6.07, 6.45) is 0. The first-order valence-electron chi connectivity index (χ1n) is 6.10. The Morgan fingerprint density at radius 1 is 1.26 bits per heavy atom. The number of carbonyl (C=O) groups is 1. The first kappa shape index (κ1) is 13.1. The molecular formula is C14H18N4O. The smallest absolute Gasteiger partial charge is 0.317 e. The highest BCUT2D eigenvalue weighted by Crippen LogP contribution is 2.26. The molecule has 1 aromatic carbocycles. The molecule has 0 atom stereocenters. The molecule has 0 unspecified atom stereocenters. The molecule has 0 spiro atoms. The summed E-state index contributed by atoms with van der Waals surface area (Å²) < 4.78 is 1.69. The molecule has 100 valence electrons. The van der Waals surface area contributed by atoms with E-state index in [0.717, 1.165) is 11.4 Å². The zero-order valence-electron chi connectivity index (χ0n) is 11.3. The van der Waals surface area contributed by atoms with Crippen LogP contribution in [0.1, 0.15) is 26.5 Å². The number of para-hydroxylation sites is 1. The van der Waals surface area contributed by atoms with E-state index in [1.165, 1.54) is 0 Å². The minimum atomic E-state index is -0.599. The molecule has 2 aromatic rings. The molecule has 0 aliphatic carbocycles. The molecule has 1 aromatic heterocycles. The largest absolute Gasteiger partial charge is 0.351 e. The lowest BCUT2D eigenvalue weighted by molar-refractivity contribution is 0.259. The topological polar surface area (TPSA) is 72.9 Å². The third kappa shape index (κ3) is 2.93. The van der Waals surface area contributed by atoms with Crippen LogP contribution in [0, 0.1) is 0 Å². The van der Waals surface area contributed by atoms with Gasteiger partial charge < -0.3 is 5.73 Å². The van der Waals surface area contributed by atoms with Crippen molar-refractivity contribution in [3.63, 3.8) is 0 Å². The van der Waals surface area contributed by atoms with Gasteiger partial charge in [0.1, 0.15) is 5.82 Å². The second kappa shape index (κ2) is 4.76. The Balaban J connectivity index is 2.52. The molecule has 0 aliphatic heterocycles. The summed E-state index contributed by atoms with van der Waals surface area (Å²) in [5.41, 5.74) is 6.86. The van der Waals surface area contributed by atoms with E-state index in [0.29, 0.717) is 5.82 Å². The summed E-state index contributed by atoms with van der Waals surface area (Å²) >= 11 is 0. The van der Waals surface area contributed by atoms with Crippen molar-refractivity contribution in [1.82, 2.24) is 9.78 Å². The van der Waals surface area contributed by atoms with Crippen LogP contribution in [0.4, 0.5) is 10.6 Å². The fourth-order valence-corrected chi connectivity index (χ4v) is 1.73. The van der Waals surface area contributed by atoms with Gasteiger partial charge in [0.2, 0.25) is 0 Å². The third-order valence-corrected chi connectivity index (χ3v) is 2.73. The number of urea groups is 1. The lowest BCUT2D eigenvalue weighted by Crippen LogP contribution is -2.21. The number of amides is 2. The molecule has 0 saturated carbocycles. The highest BCUT2D eigenvalue weighted by molar-refractivity contribution is 5.87. The minimum absolute atomic E-state index is 0.103. The summed E-state index contributed by atoms with van der Waals surface area (Å²) in [4.78, 5) is 11.1. The van der Waals surface area contributed by atoms with Crippen molar-refractivity contribution in [3.8, 4) is 5.69 Å². The molecule has 2 amide bonds. The van der Waals surface area contributed by atoms with E-state index in [9.17, 15) is 4.79 Å². The third-order valence-electron chi connectivity index (χ3n) is 2.73. The van der Waals surface area contributed by atoms with E-state index in [2.05, 4.69) is 31.2 Å². The zero-order valence-corrected chi connectivity index (χ0v) is 11.3. The first-order chi connectivity index (χ1) is 8.88. The number of carbonyl (C=O) groups excluding carboxylic acids is 1. The predicted octanol–water partition coefficient (Wildman–Crippen LogP) is 2.66. The van der Waals surface area contributed by atoms with E-state index in [4.69, 9.17) is 5.73 Å². The minimum Gasteiger partial charge on any atom is -0.351 e. The van der Waals surface area contributed by atoms with Crippen LogP contribution in [0.5, 0.6) is 0 Å². The summed E-state index contributed by atoms with van der Waals surface area (Å²) in [7, 11) is 0. The number of anilines is 1. The van der Waals surface area contributed by atoms with Gasteiger partial charge in [0, 0.05) is 11.5 Å². The number of aromatic nitrogens is 2. The molecule has 0 radical (unpaired) electrons. The van der Waals surface area contributed by atoms with Gasteiger partial charge in [-0.1, -0.05) is 39.0 Å². The van der Waals surface area contributed by atoms with Crippen LogP contribution in [0.3, 0.4) is 0 Å². The average Bonchev–Trinajstić information content (AvgIpc) is 2.73. The quantitative estimate of drug-likeness (QED) is 0.869. The first-order valence-corrected chi connectivity index (χ1v) is 6.10. The van der Waals surface area contributed by atoms with Gasteiger partial charge in [-0.15, -0.1) is 0 Å². The van der Waals surface area contributed by atoms with Gasteiger partial charge in [-0.05, 0) is 12.1 Å². The van der Waals surface area contributed by atoms with Crippen LogP contribution < -0.4 is 11.1 Å². The highest BCUT2D eigenvalue weighted by atomic mass is 16.2. The van der Waals surface area contributed by atoms with E-state index >= 15 is 0 Å². The Labute approximate surface area is 112 Å². The molecule has 0 saturated heterocycles. The normalized spacial score (nSPS) is 11.3. The Morgan fingerprint density at radius 3 is 2.42 bits per heavy atom. The maximum Gasteiger partial charge on any atom is 0.317 e. The molecule has 19 heavy (non-hydrogen) atoms. The number of hydrogen-bond donors (Lipinski definition) is 2. The predicted molar refractivity (Wildman–Crippen MR) is 75.5 cm³/mol. The van der Waals surface area contributed by atoms with Gasteiger partial charge in [-0.3, -0.25) is 5.32 Å². The number of nitrogens with two attached hydrogens (primary N) is 1. The number of primary amides is 1. The fourth-order valence-electron chi connectivity index (χ4n) is 1.73. The second-order valence-corrected chi connectivity index (χ2v) is 5.40. The number of nitrogens with zero attached hydrogens (tertiary/aromatic N) is 2. The van der Waals surface area contributed by atoms with E-state index in [1.54, 1.807) is 4.68 Å². The van der Waals surface area contributed by atoms with Crippen molar-refractivity contribution >= 4 is 11.8 Å². The van der Waals surface area contributed by atoms with Crippen LogP contribution in [0.25, 0.3) is 5.69 Å². The van der Waals surface area contributed by atoms with Crippen LogP contribution in [-0.4, -0.2) is 15.8 Å². The van der Waals surface area contributed by atoms with Crippen LogP contribution in [0.15, 0.2) is 36.4 Å². The molecule has 0 bridgehead atoms. The van der Waals surface area contributed by atoms with Gasteiger partial charge >= 0.3 is 6.03 Å². The van der Waals surface area contributed by atoms with Crippen molar-refractivity contribution in [2.45, 2.75) is 26.2 Å². The van der Waals surface area contributed by atoms with Crippen LogP contribution >= 0.6 is 0 Å². The lowest BCUT2D eigenvalue weighted by Gasteiger charge is -2.14. The summed E-state index contributed by atoms with van der Waals surface area (Å²) in [5, 5.41) is 7.15. The molecular weight excluding hydrogens is 240 g/mol. The number of nitrogens with one attached hydrogen (secondary N) is 1. The Bertz CT molecular complexity index is 581. The molecule has 2 rings (SSSR count). The van der Waals surface area contributed by atoms with E-state index in [-0.39, 0.29) is 5.41 Å². The zero-order chi connectivity index (χ0) is 14.0. The molecule has 1 heterocycles. The van der Waals surface area contributed by atoms with Crippen molar-refractivity contribution < 1.29 is 4.79 Å². The Kier molecular flexibility index (Phi) is 3.29. The maximum absolute atomic E-state index is 11.1. The highest BCUT2D eigenvalue weighted by Gasteiger charge is 2.20. The van der Waals surface area contributed by atoms with E-state index in [1.807, 2.05) is 36.4 Å². The second-order valence-electron chi connectivity index (χ2n) is 5.40.